The van der Waals surface area contributed by atoms with Crippen molar-refractivity contribution in [2.24, 2.45) is 0 Å². The lowest BCUT2D eigenvalue weighted by Crippen LogP contribution is -2.36. The number of benzene rings is 1. The van der Waals surface area contributed by atoms with E-state index in [0.717, 1.165) is 23.5 Å². The highest BCUT2D eigenvalue weighted by Crippen LogP contribution is 2.44. The molecule has 1 N–H and O–H groups in total. The molecule has 5 nitrogen and oxygen atoms in total. The van der Waals surface area contributed by atoms with E-state index in [-0.39, 0.29) is 5.82 Å². The molecular weight excluding hydrogens is 259 g/mol. The van der Waals surface area contributed by atoms with E-state index in [1.54, 1.807) is 4.57 Å². The molecule has 4 rings (SSSR count). The van der Waals surface area contributed by atoms with Gasteiger partial charge in [-0.25, -0.2) is 4.39 Å². The first-order chi connectivity index (χ1) is 9.49. The van der Waals surface area contributed by atoms with Crippen molar-refractivity contribution in [3.05, 3.63) is 29.1 Å². The number of fused-ring (bicyclic) bond motifs is 5. The minimum absolute atomic E-state index is 0.312. The van der Waals surface area contributed by atoms with Crippen molar-refractivity contribution >= 4 is 5.69 Å². The van der Waals surface area contributed by atoms with Crippen LogP contribution < -0.4 is 10.1 Å². The van der Waals surface area contributed by atoms with Crippen LogP contribution in [0.5, 0.6) is 5.75 Å². The molecule has 0 amide bonds. The predicted molar refractivity (Wildman–Crippen MR) is 71.9 cm³/mol. The second-order valence-electron chi connectivity index (χ2n) is 5.81. The van der Waals surface area contributed by atoms with E-state index >= 15 is 0 Å². The summed E-state index contributed by atoms with van der Waals surface area (Å²) in [5, 5.41) is 11.7. The van der Waals surface area contributed by atoms with Crippen LogP contribution in [0, 0.1) is 12.7 Å². The van der Waals surface area contributed by atoms with Crippen molar-refractivity contribution in [1.29, 1.82) is 0 Å². The molecule has 1 aromatic heterocycles. The van der Waals surface area contributed by atoms with E-state index < -0.39 is 5.54 Å². The Morgan fingerprint density at radius 1 is 1.40 bits per heavy atom. The van der Waals surface area contributed by atoms with E-state index in [2.05, 4.69) is 15.5 Å². The summed E-state index contributed by atoms with van der Waals surface area (Å²) in [6.07, 6.45) is 0.789. The highest BCUT2D eigenvalue weighted by atomic mass is 19.1. The van der Waals surface area contributed by atoms with E-state index in [1.807, 2.05) is 20.8 Å². The molecule has 2 aliphatic rings. The minimum atomic E-state index is -0.404. The molecule has 0 saturated heterocycles. The van der Waals surface area contributed by atoms with Crippen LogP contribution in [-0.2, 0) is 12.0 Å². The Kier molecular flexibility index (Phi) is 2.05. The first-order valence-electron chi connectivity index (χ1n) is 6.68. The van der Waals surface area contributed by atoms with Gasteiger partial charge in [-0.05, 0) is 20.8 Å². The summed E-state index contributed by atoms with van der Waals surface area (Å²) in [5.74, 6) is 1.74. The standard InChI is InChI=1S/C14H15FN4O/c1-7-17-18-13-14(2,3)16-11-8-4-5-20-10(8)6-9(15)12(11)19(7)13/h6,16H,4-5H2,1-3H3. The SMILES string of the molecule is Cc1nnc2n1-c1c(F)cc3c(c1NC2(C)C)CCO3. The van der Waals surface area contributed by atoms with Gasteiger partial charge < -0.3 is 10.1 Å². The van der Waals surface area contributed by atoms with Crippen molar-refractivity contribution < 1.29 is 9.13 Å². The largest absolute Gasteiger partial charge is 0.493 e. The summed E-state index contributed by atoms with van der Waals surface area (Å²) in [6.45, 7) is 6.47. The van der Waals surface area contributed by atoms with Crippen LogP contribution in [0.4, 0.5) is 10.1 Å². The maximum Gasteiger partial charge on any atom is 0.162 e. The Hall–Kier alpha value is -2.11. The lowest BCUT2D eigenvalue weighted by molar-refractivity contribution is 0.355. The van der Waals surface area contributed by atoms with Gasteiger partial charge in [0.1, 0.15) is 17.3 Å². The fourth-order valence-electron chi connectivity index (χ4n) is 3.05. The number of aryl methyl sites for hydroxylation is 1. The summed E-state index contributed by atoms with van der Waals surface area (Å²) in [6, 6.07) is 1.46. The topological polar surface area (TPSA) is 52.0 Å². The zero-order valence-electron chi connectivity index (χ0n) is 11.6. The van der Waals surface area contributed by atoms with Gasteiger partial charge >= 0.3 is 0 Å². The maximum absolute atomic E-state index is 14.5. The number of nitrogens with one attached hydrogen (secondary N) is 1. The van der Waals surface area contributed by atoms with Crippen LogP contribution in [0.2, 0.25) is 0 Å². The molecule has 0 radical (unpaired) electrons. The Morgan fingerprint density at radius 3 is 3.00 bits per heavy atom. The van der Waals surface area contributed by atoms with Gasteiger partial charge in [0, 0.05) is 18.1 Å². The molecule has 0 saturated carbocycles. The number of hydrogen-bond acceptors (Lipinski definition) is 4. The molecule has 0 aliphatic carbocycles. The van der Waals surface area contributed by atoms with Gasteiger partial charge in [0.2, 0.25) is 0 Å². The number of rotatable bonds is 0. The number of hydrogen-bond donors (Lipinski definition) is 1. The van der Waals surface area contributed by atoms with Gasteiger partial charge in [-0.3, -0.25) is 4.57 Å². The van der Waals surface area contributed by atoms with Gasteiger partial charge in [-0.1, -0.05) is 0 Å². The molecule has 0 fully saturated rings. The van der Waals surface area contributed by atoms with E-state index in [9.17, 15) is 4.39 Å². The molecule has 0 atom stereocenters. The molecule has 6 heteroatoms. The van der Waals surface area contributed by atoms with Crippen LogP contribution in [0.15, 0.2) is 6.07 Å². The van der Waals surface area contributed by atoms with Gasteiger partial charge in [-0.15, -0.1) is 10.2 Å². The fourth-order valence-corrected chi connectivity index (χ4v) is 3.05. The lowest BCUT2D eigenvalue weighted by Gasteiger charge is -2.34. The number of halogens is 1. The normalized spacial score (nSPS) is 17.8. The predicted octanol–water partition coefficient (Wildman–Crippen LogP) is 2.31. The zero-order valence-corrected chi connectivity index (χ0v) is 11.6. The third-order valence-electron chi connectivity index (χ3n) is 3.97. The monoisotopic (exact) mass is 274 g/mol. The smallest absolute Gasteiger partial charge is 0.162 e. The molecule has 0 bridgehead atoms. The molecule has 2 aromatic rings. The number of aromatic nitrogens is 3. The van der Waals surface area contributed by atoms with Gasteiger partial charge in [-0.2, -0.15) is 0 Å². The Bertz CT molecular complexity index is 735. The molecule has 3 heterocycles. The highest BCUT2D eigenvalue weighted by molar-refractivity contribution is 5.74. The second-order valence-corrected chi connectivity index (χ2v) is 5.81. The molecule has 104 valence electrons. The van der Waals surface area contributed by atoms with Crippen LogP contribution in [0.25, 0.3) is 5.69 Å². The Morgan fingerprint density at radius 2 is 2.20 bits per heavy atom. The number of ether oxygens (including phenoxy) is 1. The summed E-state index contributed by atoms with van der Waals surface area (Å²) < 4.78 is 21.8. The highest BCUT2D eigenvalue weighted by Gasteiger charge is 2.38. The van der Waals surface area contributed by atoms with Crippen molar-refractivity contribution in [3.8, 4) is 11.4 Å². The van der Waals surface area contributed by atoms with Gasteiger partial charge in [0.15, 0.2) is 11.6 Å². The zero-order chi connectivity index (χ0) is 14.1. The molecule has 2 aliphatic heterocycles. The van der Waals surface area contributed by atoms with Gasteiger partial charge in [0.05, 0.1) is 17.8 Å². The van der Waals surface area contributed by atoms with E-state index in [1.165, 1.54) is 6.07 Å². The molecule has 0 spiro atoms. The average Bonchev–Trinajstić information content (AvgIpc) is 2.96. The lowest BCUT2D eigenvalue weighted by atomic mass is 9.97. The average molecular weight is 274 g/mol. The minimum Gasteiger partial charge on any atom is -0.493 e. The summed E-state index contributed by atoms with van der Waals surface area (Å²) in [7, 11) is 0. The third kappa shape index (κ3) is 1.31. The second kappa shape index (κ2) is 3.50. The quantitative estimate of drug-likeness (QED) is 0.801. The molecule has 20 heavy (non-hydrogen) atoms. The van der Waals surface area contributed by atoms with Crippen molar-refractivity contribution in [2.75, 3.05) is 11.9 Å². The Labute approximate surface area is 115 Å². The van der Waals surface area contributed by atoms with Crippen molar-refractivity contribution in [3.63, 3.8) is 0 Å². The summed E-state index contributed by atoms with van der Waals surface area (Å²) >= 11 is 0. The van der Waals surface area contributed by atoms with Crippen LogP contribution in [0.3, 0.4) is 0 Å². The maximum atomic E-state index is 14.5. The summed E-state index contributed by atoms with van der Waals surface area (Å²) in [4.78, 5) is 0. The first-order valence-corrected chi connectivity index (χ1v) is 6.68. The number of nitrogens with zero attached hydrogens (tertiary/aromatic N) is 3. The van der Waals surface area contributed by atoms with E-state index in [0.29, 0.717) is 23.9 Å². The van der Waals surface area contributed by atoms with Crippen molar-refractivity contribution in [1.82, 2.24) is 14.8 Å². The third-order valence-corrected chi connectivity index (χ3v) is 3.97. The Balaban J connectivity index is 2.11. The van der Waals surface area contributed by atoms with Crippen LogP contribution >= 0.6 is 0 Å². The first kappa shape index (κ1) is 11.7. The van der Waals surface area contributed by atoms with Crippen molar-refractivity contribution in [2.45, 2.75) is 32.7 Å². The molecular formula is C14H15FN4O. The van der Waals surface area contributed by atoms with Gasteiger partial charge in [0.25, 0.3) is 0 Å². The number of anilines is 1. The molecule has 0 unspecified atom stereocenters. The fraction of sp³-hybridized carbons (Fsp3) is 0.429. The van der Waals surface area contributed by atoms with Crippen LogP contribution in [-0.4, -0.2) is 21.4 Å². The molecule has 1 aromatic carbocycles. The van der Waals surface area contributed by atoms with Crippen LogP contribution in [0.1, 0.15) is 31.1 Å². The van der Waals surface area contributed by atoms with E-state index in [4.69, 9.17) is 4.74 Å². The summed E-state index contributed by atoms with van der Waals surface area (Å²) in [5.41, 5.74) is 1.94.